The van der Waals surface area contributed by atoms with Gasteiger partial charge in [0, 0.05) is 29.0 Å². The summed E-state index contributed by atoms with van der Waals surface area (Å²) >= 11 is 6.27. The molecule has 1 aliphatic rings. The fourth-order valence-corrected chi connectivity index (χ4v) is 4.98. The van der Waals surface area contributed by atoms with Crippen LogP contribution in [0.25, 0.3) is 0 Å². The lowest BCUT2D eigenvalue weighted by atomic mass is 10.0. The van der Waals surface area contributed by atoms with Gasteiger partial charge in [0.05, 0.1) is 18.2 Å². The van der Waals surface area contributed by atoms with E-state index < -0.39 is 5.78 Å². The van der Waals surface area contributed by atoms with Crippen molar-refractivity contribution in [2.24, 2.45) is 0 Å². The minimum absolute atomic E-state index is 0. The molecule has 2 N–H and O–H groups in total. The number of phenolic OH excluding ortho intramolecular Hbond substituents is 2. The summed E-state index contributed by atoms with van der Waals surface area (Å²) in [7, 11) is 5.72. The fraction of sp³-hybridized carbons (Fsp3) is 0.242. The molecule has 6 nitrogen and oxygen atoms in total. The second kappa shape index (κ2) is 14.8. The molecule has 0 saturated heterocycles. The summed E-state index contributed by atoms with van der Waals surface area (Å²) in [4.78, 5) is 16.8. The van der Waals surface area contributed by atoms with Crippen molar-refractivity contribution in [1.82, 2.24) is 4.90 Å². The van der Waals surface area contributed by atoms with E-state index in [-0.39, 0.29) is 35.0 Å². The van der Waals surface area contributed by atoms with Crippen LogP contribution in [-0.2, 0) is 12.8 Å². The van der Waals surface area contributed by atoms with Crippen molar-refractivity contribution in [1.29, 1.82) is 0 Å². The van der Waals surface area contributed by atoms with Crippen molar-refractivity contribution in [3.8, 4) is 17.2 Å². The van der Waals surface area contributed by atoms with E-state index in [1.165, 1.54) is 53.9 Å². The van der Waals surface area contributed by atoms with E-state index in [2.05, 4.69) is 60.3 Å². The Morgan fingerprint density at radius 2 is 1.51 bits per heavy atom. The van der Waals surface area contributed by atoms with E-state index in [1.807, 2.05) is 6.07 Å². The third-order valence-electron chi connectivity index (χ3n) is 6.87. The molecule has 0 aromatic heterocycles. The molecular weight excluding hydrogens is 559 g/mol. The van der Waals surface area contributed by atoms with Crippen LogP contribution < -0.4 is 9.64 Å². The lowest BCUT2D eigenvalue weighted by Gasteiger charge is -2.27. The van der Waals surface area contributed by atoms with Crippen molar-refractivity contribution >= 4 is 41.2 Å². The SMILES string of the molecule is CN(C)CCCN1c2ccccc2CCc2ccc(Cl)cc21.COc1ccc(C(=O)c2ccccc2O)c(O)c1.Cl. The molecule has 0 atom stereocenters. The maximum atomic E-state index is 12.1. The first-order valence-electron chi connectivity index (χ1n) is 13.3. The molecule has 8 heteroatoms. The number of nitrogens with zero attached hydrogens (tertiary/aromatic N) is 2. The molecule has 5 rings (SSSR count). The summed E-state index contributed by atoms with van der Waals surface area (Å²) in [5, 5.41) is 20.2. The van der Waals surface area contributed by atoms with E-state index >= 15 is 0 Å². The number of hydrogen-bond donors (Lipinski definition) is 2. The highest BCUT2D eigenvalue weighted by atomic mass is 35.5. The summed E-state index contributed by atoms with van der Waals surface area (Å²) in [5.41, 5.74) is 5.71. The normalized spacial score (nSPS) is 11.8. The number of para-hydroxylation sites is 2. The molecular formula is C33H36Cl2N2O4. The number of methoxy groups -OCH3 is 1. The Morgan fingerprint density at radius 1 is 0.854 bits per heavy atom. The van der Waals surface area contributed by atoms with Crippen LogP contribution in [0, 0.1) is 0 Å². The van der Waals surface area contributed by atoms with Crippen LogP contribution in [0.2, 0.25) is 5.02 Å². The molecule has 0 bridgehead atoms. The van der Waals surface area contributed by atoms with Gasteiger partial charge >= 0.3 is 0 Å². The molecule has 0 aliphatic carbocycles. The number of phenols is 2. The number of carbonyl (C=O) groups excluding carboxylic acids is 1. The van der Waals surface area contributed by atoms with Gasteiger partial charge in [-0.2, -0.15) is 0 Å². The van der Waals surface area contributed by atoms with Crippen LogP contribution >= 0.6 is 24.0 Å². The molecule has 4 aromatic carbocycles. The molecule has 0 amide bonds. The highest BCUT2D eigenvalue weighted by Gasteiger charge is 2.20. The molecule has 1 aliphatic heterocycles. The number of anilines is 2. The second-order valence-electron chi connectivity index (χ2n) is 9.94. The van der Waals surface area contributed by atoms with Gasteiger partial charge in [0.2, 0.25) is 0 Å². The predicted molar refractivity (Wildman–Crippen MR) is 169 cm³/mol. The Bertz CT molecular complexity index is 1480. The smallest absolute Gasteiger partial charge is 0.200 e. The largest absolute Gasteiger partial charge is 0.507 e. The Hall–Kier alpha value is -3.71. The van der Waals surface area contributed by atoms with E-state index in [9.17, 15) is 15.0 Å². The zero-order valence-electron chi connectivity index (χ0n) is 23.5. The second-order valence-corrected chi connectivity index (χ2v) is 10.4. The summed E-state index contributed by atoms with van der Waals surface area (Å²) in [6, 6.07) is 25.7. The first-order valence-corrected chi connectivity index (χ1v) is 13.6. The third-order valence-corrected chi connectivity index (χ3v) is 7.10. The van der Waals surface area contributed by atoms with Crippen LogP contribution in [0.3, 0.4) is 0 Å². The lowest BCUT2D eigenvalue weighted by Crippen LogP contribution is -2.24. The number of fused-ring (bicyclic) bond motifs is 2. The number of ether oxygens (including phenoxy) is 1. The number of carbonyl (C=O) groups is 1. The van der Waals surface area contributed by atoms with Gasteiger partial charge in [0.1, 0.15) is 17.2 Å². The van der Waals surface area contributed by atoms with Crippen LogP contribution in [-0.4, -0.2) is 55.2 Å². The zero-order chi connectivity index (χ0) is 28.6. The molecule has 0 radical (unpaired) electrons. The lowest BCUT2D eigenvalue weighted by molar-refractivity contribution is 0.103. The number of aryl methyl sites for hydroxylation is 2. The number of ketones is 1. The van der Waals surface area contributed by atoms with E-state index in [1.54, 1.807) is 18.2 Å². The average molecular weight is 596 g/mol. The number of hydrogen-bond acceptors (Lipinski definition) is 6. The van der Waals surface area contributed by atoms with Crippen molar-refractivity contribution in [3.63, 3.8) is 0 Å². The van der Waals surface area contributed by atoms with Gasteiger partial charge in [-0.05, 0) is 93.5 Å². The topological polar surface area (TPSA) is 73.2 Å². The average Bonchev–Trinajstić information content (AvgIpc) is 3.10. The van der Waals surface area contributed by atoms with Gasteiger partial charge in [0.25, 0.3) is 0 Å². The third kappa shape index (κ3) is 7.94. The maximum Gasteiger partial charge on any atom is 0.200 e. The Kier molecular flexibility index (Phi) is 11.5. The van der Waals surface area contributed by atoms with Gasteiger partial charge < -0.3 is 24.7 Å². The maximum absolute atomic E-state index is 12.1. The monoisotopic (exact) mass is 594 g/mol. The van der Waals surface area contributed by atoms with Gasteiger partial charge in [-0.25, -0.2) is 0 Å². The van der Waals surface area contributed by atoms with Gasteiger partial charge in [-0.15, -0.1) is 12.4 Å². The molecule has 216 valence electrons. The van der Waals surface area contributed by atoms with Gasteiger partial charge in [0.15, 0.2) is 5.78 Å². The molecule has 0 saturated carbocycles. The number of aromatic hydroxyl groups is 2. The summed E-state index contributed by atoms with van der Waals surface area (Å²) in [6.45, 7) is 2.11. The molecule has 1 heterocycles. The van der Waals surface area contributed by atoms with Crippen molar-refractivity contribution in [2.75, 3.05) is 39.2 Å². The Balaban J connectivity index is 0.000000225. The van der Waals surface area contributed by atoms with E-state index in [4.69, 9.17) is 16.3 Å². The summed E-state index contributed by atoms with van der Waals surface area (Å²) in [6.07, 6.45) is 3.30. The number of rotatable bonds is 7. The van der Waals surface area contributed by atoms with Gasteiger partial charge in [-0.3, -0.25) is 4.79 Å². The molecule has 0 unspecified atom stereocenters. The zero-order valence-corrected chi connectivity index (χ0v) is 25.1. The first-order chi connectivity index (χ1) is 19.3. The summed E-state index contributed by atoms with van der Waals surface area (Å²) in [5.74, 6) is -0.269. The summed E-state index contributed by atoms with van der Waals surface area (Å²) < 4.78 is 4.94. The number of benzene rings is 4. The molecule has 0 fully saturated rings. The molecule has 4 aromatic rings. The predicted octanol–water partition coefficient (Wildman–Crippen LogP) is 7.29. The van der Waals surface area contributed by atoms with Crippen molar-refractivity contribution < 1.29 is 19.7 Å². The minimum atomic E-state index is -0.437. The van der Waals surface area contributed by atoms with Crippen molar-refractivity contribution in [2.45, 2.75) is 19.3 Å². The van der Waals surface area contributed by atoms with Crippen LogP contribution in [0.5, 0.6) is 17.2 Å². The van der Waals surface area contributed by atoms with E-state index in [0.29, 0.717) is 5.75 Å². The van der Waals surface area contributed by atoms with Crippen LogP contribution in [0.4, 0.5) is 11.4 Å². The van der Waals surface area contributed by atoms with Gasteiger partial charge in [-0.1, -0.05) is 48.0 Å². The molecule has 0 spiro atoms. The Morgan fingerprint density at radius 3 is 2.20 bits per heavy atom. The molecule has 41 heavy (non-hydrogen) atoms. The number of halogens is 2. The first kappa shape index (κ1) is 31.8. The Labute approximate surface area is 253 Å². The highest BCUT2D eigenvalue weighted by molar-refractivity contribution is 6.30. The van der Waals surface area contributed by atoms with Crippen LogP contribution in [0.1, 0.15) is 33.5 Å². The van der Waals surface area contributed by atoms with Crippen LogP contribution in [0.15, 0.2) is 84.9 Å². The minimum Gasteiger partial charge on any atom is -0.507 e. The van der Waals surface area contributed by atoms with Crippen molar-refractivity contribution in [3.05, 3.63) is 112 Å². The fourth-order valence-electron chi connectivity index (χ4n) is 4.81. The quantitative estimate of drug-likeness (QED) is 0.219. The standard InChI is InChI=1S/C19H23ClN2.C14H12O4.ClH/c1-21(2)12-5-13-22-18-7-4-3-6-15(18)8-9-16-10-11-17(20)14-19(16)22;1-18-9-6-7-11(13(16)8-9)14(17)10-4-2-3-5-12(10)15;/h3-4,6-7,10-11,14H,5,8-9,12-13H2,1-2H3;2-8,15-16H,1H3;1H. The highest BCUT2D eigenvalue weighted by Crippen LogP contribution is 2.37. The van der Waals surface area contributed by atoms with E-state index in [0.717, 1.165) is 37.4 Å².